The first-order chi connectivity index (χ1) is 16.6. The topological polar surface area (TPSA) is 100 Å². The number of aryl methyl sites for hydroxylation is 1. The van der Waals surface area contributed by atoms with Crippen molar-refractivity contribution in [3.8, 4) is 0 Å². The zero-order chi connectivity index (χ0) is 24.9. The van der Waals surface area contributed by atoms with E-state index in [1.54, 1.807) is 11.0 Å². The molecule has 2 aromatic rings. The predicted octanol–water partition coefficient (Wildman–Crippen LogP) is 2.98. The molecule has 1 aliphatic carbocycles. The van der Waals surface area contributed by atoms with Crippen LogP contribution in [0.3, 0.4) is 0 Å². The van der Waals surface area contributed by atoms with E-state index >= 15 is 0 Å². The third-order valence-electron chi connectivity index (χ3n) is 6.95. The average Bonchev–Trinajstić information content (AvgIpc) is 3.62. The molecule has 35 heavy (non-hydrogen) atoms. The highest BCUT2D eigenvalue weighted by Gasteiger charge is 2.33. The van der Waals surface area contributed by atoms with Gasteiger partial charge in [-0.25, -0.2) is 18.2 Å². The van der Waals surface area contributed by atoms with Crippen LogP contribution in [0.1, 0.15) is 47.2 Å². The summed E-state index contributed by atoms with van der Waals surface area (Å²) in [5.41, 5.74) is 2.96. The molecule has 1 unspecified atom stereocenters. The number of hydrogen-bond donors (Lipinski definition) is 0. The molecule has 1 aromatic heterocycles. The molecule has 0 spiro atoms. The minimum Gasteiger partial charge on any atom is -0.447 e. The number of benzene rings is 1. The number of cyclic esters (lactones) is 1. The largest absolute Gasteiger partial charge is 0.447 e. The summed E-state index contributed by atoms with van der Waals surface area (Å²) in [7, 11) is -3.72. The predicted molar refractivity (Wildman–Crippen MR) is 132 cm³/mol. The highest BCUT2D eigenvalue weighted by molar-refractivity contribution is 7.90. The number of amides is 2. The van der Waals surface area contributed by atoms with Crippen molar-refractivity contribution in [3.05, 3.63) is 47.2 Å². The van der Waals surface area contributed by atoms with Crippen LogP contribution >= 0.6 is 0 Å². The molecule has 9 nitrogen and oxygen atoms in total. The van der Waals surface area contributed by atoms with E-state index in [4.69, 9.17) is 9.72 Å². The van der Waals surface area contributed by atoms with Crippen LogP contribution in [0.15, 0.2) is 35.4 Å². The highest BCUT2D eigenvalue weighted by Crippen LogP contribution is 2.40. The molecule has 3 aliphatic rings. The van der Waals surface area contributed by atoms with Crippen molar-refractivity contribution in [1.29, 1.82) is 0 Å². The van der Waals surface area contributed by atoms with Crippen LogP contribution in [0.2, 0.25) is 0 Å². The highest BCUT2D eigenvalue weighted by atomic mass is 32.2. The summed E-state index contributed by atoms with van der Waals surface area (Å²) in [6, 6.07) is 6.50. The lowest BCUT2D eigenvalue weighted by molar-refractivity contribution is 0.0742. The Bertz CT molecular complexity index is 1280. The summed E-state index contributed by atoms with van der Waals surface area (Å²) in [6.07, 6.45) is 4.99. The van der Waals surface area contributed by atoms with Crippen LogP contribution in [0.5, 0.6) is 0 Å². The number of pyridine rings is 1. The molecule has 5 rings (SSSR count). The molecule has 0 N–H and O–H groups in total. The van der Waals surface area contributed by atoms with Crippen molar-refractivity contribution in [2.75, 3.05) is 48.8 Å². The fourth-order valence-corrected chi connectivity index (χ4v) is 5.76. The van der Waals surface area contributed by atoms with Crippen LogP contribution in [0, 0.1) is 6.92 Å². The van der Waals surface area contributed by atoms with E-state index in [0.29, 0.717) is 37.8 Å². The Morgan fingerprint density at radius 3 is 2.40 bits per heavy atom. The Morgan fingerprint density at radius 2 is 1.83 bits per heavy atom. The summed E-state index contributed by atoms with van der Waals surface area (Å²) in [5, 5.41) is 0. The second kappa shape index (κ2) is 8.82. The van der Waals surface area contributed by atoms with Gasteiger partial charge in [0.1, 0.15) is 12.4 Å². The lowest BCUT2D eigenvalue weighted by Gasteiger charge is -2.36. The van der Waals surface area contributed by atoms with Crippen molar-refractivity contribution in [3.63, 3.8) is 0 Å². The van der Waals surface area contributed by atoms with Gasteiger partial charge in [0.25, 0.3) is 5.91 Å². The minimum absolute atomic E-state index is 0.0810. The number of rotatable bonds is 5. The van der Waals surface area contributed by atoms with E-state index in [-0.39, 0.29) is 29.0 Å². The van der Waals surface area contributed by atoms with E-state index in [0.717, 1.165) is 17.6 Å². The van der Waals surface area contributed by atoms with Crippen molar-refractivity contribution >= 4 is 33.3 Å². The van der Waals surface area contributed by atoms with Gasteiger partial charge in [-0.15, -0.1) is 0 Å². The second-order valence-electron chi connectivity index (χ2n) is 9.71. The van der Waals surface area contributed by atoms with Gasteiger partial charge in [-0.3, -0.25) is 9.69 Å². The SMILES string of the molecule is Cc1cc(C2CC2)cnc1N1CCN(C(=O)c2ccc(N3C(=O)OCC3C)cc2S(C)(=O)=O)CC1. The summed E-state index contributed by atoms with van der Waals surface area (Å²) < 4.78 is 30.3. The van der Waals surface area contributed by atoms with Crippen LogP contribution in [-0.2, 0) is 14.6 Å². The van der Waals surface area contributed by atoms with Gasteiger partial charge in [0, 0.05) is 44.3 Å². The van der Waals surface area contributed by atoms with E-state index in [2.05, 4.69) is 17.9 Å². The molecule has 3 heterocycles. The van der Waals surface area contributed by atoms with Crippen molar-refractivity contribution in [2.24, 2.45) is 0 Å². The van der Waals surface area contributed by atoms with E-state index < -0.39 is 15.9 Å². The standard InChI is InChI=1S/C25H30N4O5S/c1-16-12-19(18-4-5-18)14-26-23(16)27-8-10-28(11-9-27)24(30)21-7-6-20(13-22(21)35(3,32)33)29-17(2)15-34-25(29)31/h6-7,12-14,17-18H,4-5,8-11,15H2,1-3H3. The first-order valence-corrected chi connectivity index (χ1v) is 13.8. The van der Waals surface area contributed by atoms with Crippen molar-refractivity contribution in [1.82, 2.24) is 9.88 Å². The van der Waals surface area contributed by atoms with Crippen LogP contribution in [0.25, 0.3) is 0 Å². The Balaban J connectivity index is 1.34. The third kappa shape index (κ3) is 4.59. The zero-order valence-electron chi connectivity index (χ0n) is 20.2. The monoisotopic (exact) mass is 498 g/mol. The fraction of sp³-hybridized carbons (Fsp3) is 0.480. The van der Waals surface area contributed by atoms with Crippen molar-refractivity contribution in [2.45, 2.75) is 43.5 Å². The average molecular weight is 499 g/mol. The van der Waals surface area contributed by atoms with Crippen molar-refractivity contribution < 1.29 is 22.7 Å². The van der Waals surface area contributed by atoms with Gasteiger partial charge in [0.2, 0.25) is 0 Å². The summed E-state index contributed by atoms with van der Waals surface area (Å²) in [6.45, 7) is 6.28. The fourth-order valence-electron chi connectivity index (χ4n) is 4.87. The molecule has 1 saturated carbocycles. The molecule has 2 aliphatic heterocycles. The van der Waals surface area contributed by atoms with E-state index in [1.165, 1.54) is 35.4 Å². The smallest absolute Gasteiger partial charge is 0.414 e. The van der Waals surface area contributed by atoms with E-state index in [1.807, 2.05) is 13.1 Å². The molecule has 2 amide bonds. The molecule has 10 heteroatoms. The number of nitrogens with zero attached hydrogens (tertiary/aromatic N) is 4. The maximum atomic E-state index is 13.4. The lowest BCUT2D eigenvalue weighted by Crippen LogP contribution is -2.49. The van der Waals surface area contributed by atoms with Gasteiger partial charge < -0.3 is 14.5 Å². The Labute approximate surface area is 205 Å². The maximum Gasteiger partial charge on any atom is 0.414 e. The summed E-state index contributed by atoms with van der Waals surface area (Å²) >= 11 is 0. The van der Waals surface area contributed by atoms with Gasteiger partial charge in [0.15, 0.2) is 9.84 Å². The number of ether oxygens (including phenoxy) is 1. The first-order valence-electron chi connectivity index (χ1n) is 11.9. The van der Waals surface area contributed by atoms with Crippen LogP contribution < -0.4 is 9.80 Å². The Morgan fingerprint density at radius 1 is 1.11 bits per heavy atom. The number of sulfone groups is 1. The summed E-state index contributed by atoms with van der Waals surface area (Å²) in [5.74, 6) is 1.26. The van der Waals surface area contributed by atoms with Gasteiger partial charge in [-0.2, -0.15) is 0 Å². The molecule has 2 saturated heterocycles. The Kier molecular flexibility index (Phi) is 5.94. The Hall–Kier alpha value is -3.14. The van der Waals surface area contributed by atoms with Gasteiger partial charge in [-0.1, -0.05) is 6.07 Å². The molecular weight excluding hydrogens is 468 g/mol. The summed E-state index contributed by atoms with van der Waals surface area (Å²) in [4.78, 5) is 35.4. The lowest BCUT2D eigenvalue weighted by atomic mass is 10.1. The molecule has 3 fully saturated rings. The minimum atomic E-state index is -3.72. The molecule has 0 bridgehead atoms. The second-order valence-corrected chi connectivity index (χ2v) is 11.7. The maximum absolute atomic E-state index is 13.4. The molecule has 1 aromatic carbocycles. The van der Waals surface area contributed by atoms with Crippen LogP contribution in [0.4, 0.5) is 16.3 Å². The number of hydrogen-bond acceptors (Lipinski definition) is 7. The van der Waals surface area contributed by atoms with E-state index in [9.17, 15) is 18.0 Å². The van der Waals surface area contributed by atoms with Gasteiger partial charge in [0.05, 0.1) is 16.5 Å². The number of piperazine rings is 1. The third-order valence-corrected chi connectivity index (χ3v) is 8.08. The van der Waals surface area contributed by atoms with Gasteiger partial charge >= 0.3 is 6.09 Å². The quantitative estimate of drug-likeness (QED) is 0.625. The number of carbonyl (C=O) groups is 2. The van der Waals surface area contributed by atoms with Gasteiger partial charge in [-0.05, 0) is 61.9 Å². The molecular formula is C25H30N4O5S. The molecule has 1 atom stereocenters. The number of anilines is 2. The molecule has 0 radical (unpaired) electrons. The first kappa shape index (κ1) is 23.6. The molecule has 186 valence electrons. The zero-order valence-corrected chi connectivity index (χ0v) is 21.0. The normalized spacial score (nSPS) is 20.8. The van der Waals surface area contributed by atoms with Crippen LogP contribution in [-0.4, -0.2) is 75.4 Å². The number of carbonyl (C=O) groups excluding carboxylic acids is 2. The number of aromatic nitrogens is 1.